The Morgan fingerprint density at radius 2 is 2.00 bits per heavy atom. The molecule has 0 unspecified atom stereocenters. The zero-order chi connectivity index (χ0) is 26.1. The van der Waals surface area contributed by atoms with E-state index in [1.807, 2.05) is 44.3 Å². The molecule has 190 valence electrons. The Bertz CT molecular complexity index is 1430. The van der Waals surface area contributed by atoms with Crippen molar-refractivity contribution in [3.05, 3.63) is 100 Å². The molecule has 5 rings (SSSR count). The van der Waals surface area contributed by atoms with E-state index in [9.17, 15) is 14.7 Å². The van der Waals surface area contributed by atoms with Crippen LogP contribution in [-0.2, 0) is 28.0 Å². The molecule has 2 aliphatic rings. The van der Waals surface area contributed by atoms with E-state index in [1.54, 1.807) is 42.4 Å². The van der Waals surface area contributed by atoms with Gasteiger partial charge in [-0.05, 0) is 42.7 Å². The highest BCUT2D eigenvalue weighted by atomic mass is 16.5. The minimum Gasteiger partial charge on any atom is -0.508 e. The lowest BCUT2D eigenvalue weighted by atomic mass is 9.71. The molecule has 3 aromatic rings. The van der Waals surface area contributed by atoms with Gasteiger partial charge in [0, 0.05) is 42.3 Å². The Morgan fingerprint density at radius 3 is 2.73 bits per heavy atom. The summed E-state index contributed by atoms with van der Waals surface area (Å²) >= 11 is 0. The highest BCUT2D eigenvalue weighted by Gasteiger charge is 2.42. The van der Waals surface area contributed by atoms with Crippen LogP contribution in [0.15, 0.2) is 83.6 Å². The summed E-state index contributed by atoms with van der Waals surface area (Å²) in [5.74, 6) is -0.488. The third-order valence-corrected chi connectivity index (χ3v) is 7.10. The first-order chi connectivity index (χ1) is 17.9. The molecule has 2 atom stereocenters. The van der Waals surface area contributed by atoms with Crippen LogP contribution < -0.4 is 10.1 Å². The van der Waals surface area contributed by atoms with Gasteiger partial charge >= 0.3 is 5.97 Å². The number of nitrogens with one attached hydrogen (secondary N) is 1. The molecule has 1 aromatic heterocycles. The number of benzene rings is 2. The molecule has 2 N–H and O–H groups in total. The monoisotopic (exact) mass is 499 g/mol. The van der Waals surface area contributed by atoms with Gasteiger partial charge in [-0.2, -0.15) is 0 Å². The molecule has 1 aliphatic heterocycles. The van der Waals surface area contributed by atoms with Crippen molar-refractivity contribution in [3.63, 3.8) is 0 Å². The number of Topliss-reactive ketones (excluding diaryl/α,β-unsaturated/α-hetero) is 1. The second-order valence-corrected chi connectivity index (χ2v) is 9.43. The van der Waals surface area contributed by atoms with E-state index >= 15 is 0 Å². The van der Waals surface area contributed by atoms with Crippen LogP contribution in [0.3, 0.4) is 0 Å². The Labute approximate surface area is 215 Å². The van der Waals surface area contributed by atoms with Crippen molar-refractivity contribution in [2.45, 2.75) is 38.2 Å². The summed E-state index contributed by atoms with van der Waals surface area (Å²) in [6.07, 6.45) is 4.16. The Kier molecular flexibility index (Phi) is 6.56. The van der Waals surface area contributed by atoms with E-state index in [1.165, 1.54) is 0 Å². The molecule has 0 radical (unpaired) electrons. The molecule has 0 amide bonds. The predicted molar refractivity (Wildman–Crippen MR) is 137 cm³/mol. The third-order valence-electron chi connectivity index (χ3n) is 7.10. The molecule has 0 saturated heterocycles. The van der Waals surface area contributed by atoms with E-state index in [-0.39, 0.29) is 30.5 Å². The van der Waals surface area contributed by atoms with Crippen LogP contribution in [0.4, 0.5) is 0 Å². The third kappa shape index (κ3) is 4.62. The van der Waals surface area contributed by atoms with Gasteiger partial charge in [0.15, 0.2) is 5.78 Å². The fourth-order valence-electron chi connectivity index (χ4n) is 5.31. The second-order valence-electron chi connectivity index (χ2n) is 9.43. The minimum absolute atomic E-state index is 0.0502. The van der Waals surface area contributed by atoms with Crippen molar-refractivity contribution in [3.8, 4) is 11.5 Å². The number of carbonyl (C=O) groups excluding carboxylic acids is 2. The summed E-state index contributed by atoms with van der Waals surface area (Å²) in [6, 6.07) is 14.4. The molecule has 0 bridgehead atoms. The van der Waals surface area contributed by atoms with Crippen LogP contribution in [0.5, 0.6) is 11.5 Å². The minimum atomic E-state index is -0.659. The standard InChI is InChI=1S/C29H29N3O5/c1-17-26(29(35)37-15-20-14-30-16-32(20)2)27(18-7-6-8-21(33)11-18)28-23(31-17)12-19(13-24(28)34)22-9-4-5-10-25(22)36-3/h4-11,14,16,19,27,31,33H,12-13,15H2,1-3H3/t19-,27-/m1/s1. The molecular weight excluding hydrogens is 470 g/mol. The molecule has 0 saturated carbocycles. The SMILES string of the molecule is COc1ccccc1[C@H]1CC(=O)C2=C(C1)NC(C)=C(C(=O)OCc1cncn1C)[C@H]2c1cccc(O)c1. The van der Waals surface area contributed by atoms with Gasteiger partial charge in [-0.1, -0.05) is 30.3 Å². The van der Waals surface area contributed by atoms with Crippen molar-refractivity contribution in [2.24, 2.45) is 7.05 Å². The van der Waals surface area contributed by atoms with Crippen molar-refractivity contribution in [2.75, 3.05) is 7.11 Å². The topological polar surface area (TPSA) is 103 Å². The number of aromatic nitrogens is 2. The maximum atomic E-state index is 13.8. The molecule has 8 heteroatoms. The van der Waals surface area contributed by atoms with Crippen LogP contribution in [0.1, 0.15) is 48.4 Å². The number of hydrogen-bond acceptors (Lipinski definition) is 7. The van der Waals surface area contributed by atoms with Gasteiger partial charge in [0.05, 0.1) is 30.9 Å². The average molecular weight is 500 g/mol. The average Bonchev–Trinajstić information content (AvgIpc) is 3.30. The van der Waals surface area contributed by atoms with E-state index < -0.39 is 11.9 Å². The predicted octanol–water partition coefficient (Wildman–Crippen LogP) is 4.24. The number of aryl methyl sites for hydroxylation is 1. The first kappa shape index (κ1) is 24.4. The number of dihydropyridines is 1. The van der Waals surface area contributed by atoms with E-state index in [0.29, 0.717) is 28.8 Å². The molecule has 8 nitrogen and oxygen atoms in total. The van der Waals surface area contributed by atoms with Gasteiger partial charge in [-0.3, -0.25) is 4.79 Å². The smallest absolute Gasteiger partial charge is 0.337 e. The highest BCUT2D eigenvalue weighted by Crippen LogP contribution is 2.47. The molecule has 2 heterocycles. The molecule has 2 aromatic carbocycles. The number of methoxy groups -OCH3 is 1. The lowest BCUT2D eigenvalue weighted by Crippen LogP contribution is -2.36. The Hall–Kier alpha value is -4.33. The number of phenols is 1. The van der Waals surface area contributed by atoms with Crippen molar-refractivity contribution < 1.29 is 24.2 Å². The van der Waals surface area contributed by atoms with Gasteiger partial charge in [0.25, 0.3) is 0 Å². The first-order valence-electron chi connectivity index (χ1n) is 12.2. The van der Waals surface area contributed by atoms with Crippen LogP contribution in [0, 0.1) is 0 Å². The maximum Gasteiger partial charge on any atom is 0.337 e. The first-order valence-corrected chi connectivity index (χ1v) is 12.2. The maximum absolute atomic E-state index is 13.8. The zero-order valence-electron chi connectivity index (χ0n) is 21.0. The largest absolute Gasteiger partial charge is 0.508 e. The molecule has 0 spiro atoms. The van der Waals surface area contributed by atoms with Gasteiger partial charge in [0.1, 0.15) is 18.1 Å². The molecule has 37 heavy (non-hydrogen) atoms. The Morgan fingerprint density at radius 1 is 1.19 bits per heavy atom. The number of carbonyl (C=O) groups is 2. The quantitative estimate of drug-likeness (QED) is 0.489. The van der Waals surface area contributed by atoms with E-state index in [0.717, 1.165) is 22.7 Å². The van der Waals surface area contributed by atoms with E-state index in [4.69, 9.17) is 9.47 Å². The fourth-order valence-corrected chi connectivity index (χ4v) is 5.31. The van der Waals surface area contributed by atoms with Crippen LogP contribution in [-0.4, -0.2) is 33.5 Å². The summed E-state index contributed by atoms with van der Waals surface area (Å²) in [4.78, 5) is 31.3. The number of allylic oxidation sites excluding steroid dienone is 3. The zero-order valence-corrected chi connectivity index (χ0v) is 21.0. The fraction of sp³-hybridized carbons (Fsp3) is 0.276. The summed E-state index contributed by atoms with van der Waals surface area (Å²) in [6.45, 7) is 1.87. The highest BCUT2D eigenvalue weighted by molar-refractivity contribution is 6.04. The second kappa shape index (κ2) is 9.97. The number of para-hydroxylation sites is 1. The number of nitrogens with zero attached hydrogens (tertiary/aromatic N) is 2. The number of ether oxygens (including phenoxy) is 2. The molecular formula is C29H29N3O5. The van der Waals surface area contributed by atoms with Crippen LogP contribution in [0.25, 0.3) is 0 Å². The molecule has 0 fully saturated rings. The Balaban J connectivity index is 1.53. The van der Waals surface area contributed by atoms with Gasteiger partial charge in [-0.15, -0.1) is 0 Å². The number of aromatic hydroxyl groups is 1. The van der Waals surface area contributed by atoms with Crippen molar-refractivity contribution in [1.29, 1.82) is 0 Å². The summed E-state index contributed by atoms with van der Waals surface area (Å²) in [5.41, 5.74) is 4.67. The number of ketones is 1. The van der Waals surface area contributed by atoms with E-state index in [2.05, 4.69) is 10.3 Å². The lowest BCUT2D eigenvalue weighted by molar-refractivity contribution is -0.140. The summed E-state index contributed by atoms with van der Waals surface area (Å²) in [5, 5.41) is 13.6. The lowest BCUT2D eigenvalue weighted by Gasteiger charge is -2.37. The van der Waals surface area contributed by atoms with Gasteiger partial charge in [0.2, 0.25) is 0 Å². The summed E-state index contributed by atoms with van der Waals surface area (Å²) in [7, 11) is 3.45. The van der Waals surface area contributed by atoms with Crippen molar-refractivity contribution in [1.82, 2.24) is 14.9 Å². The van der Waals surface area contributed by atoms with Crippen molar-refractivity contribution >= 4 is 11.8 Å². The number of imidazole rings is 1. The van der Waals surface area contributed by atoms with Crippen LogP contribution >= 0.6 is 0 Å². The molecule has 1 aliphatic carbocycles. The van der Waals surface area contributed by atoms with Gasteiger partial charge in [-0.25, -0.2) is 9.78 Å². The number of phenolic OH excluding ortho intramolecular Hbond substituents is 1. The number of rotatable bonds is 6. The number of esters is 1. The summed E-state index contributed by atoms with van der Waals surface area (Å²) < 4.78 is 13.0. The number of hydrogen-bond donors (Lipinski definition) is 2. The van der Waals surface area contributed by atoms with Crippen LogP contribution in [0.2, 0.25) is 0 Å². The normalized spacial score (nSPS) is 19.4. The van der Waals surface area contributed by atoms with Gasteiger partial charge < -0.3 is 24.5 Å².